The number of carbonyl (C=O) groups is 2. The topological polar surface area (TPSA) is 85.2 Å². The number of hydrogen-bond acceptors (Lipinski definition) is 4. The van der Waals surface area contributed by atoms with Gasteiger partial charge in [-0.1, -0.05) is 36.4 Å². The van der Waals surface area contributed by atoms with Gasteiger partial charge in [0.25, 0.3) is 0 Å². The average Bonchev–Trinajstić information content (AvgIpc) is 2.88. The van der Waals surface area contributed by atoms with Crippen molar-refractivity contribution in [3.05, 3.63) is 101 Å². The maximum Gasteiger partial charge on any atom is 0.237 e. The molecule has 1 unspecified atom stereocenters. The minimum absolute atomic E-state index is 0.0749. The zero-order valence-electron chi connectivity index (χ0n) is 19.3. The fourth-order valence-corrected chi connectivity index (χ4v) is 4.27. The fourth-order valence-electron chi connectivity index (χ4n) is 4.27. The molecule has 0 fully saturated rings. The summed E-state index contributed by atoms with van der Waals surface area (Å²) in [6.45, 7) is 1.48. The molecule has 2 amide bonds. The molecule has 0 saturated carbocycles. The quantitative estimate of drug-likeness (QED) is 0.524. The summed E-state index contributed by atoms with van der Waals surface area (Å²) in [6.07, 6.45) is 1.43. The summed E-state index contributed by atoms with van der Waals surface area (Å²) in [5, 5.41) is 14.8. The Labute approximate surface area is 204 Å². The Hall–Kier alpha value is -4.02. The van der Waals surface area contributed by atoms with E-state index >= 15 is 0 Å². The molecule has 3 aromatic rings. The highest BCUT2D eigenvalue weighted by Gasteiger charge is 2.31. The third-order valence-electron chi connectivity index (χ3n) is 6.20. The van der Waals surface area contributed by atoms with Gasteiger partial charge in [0.15, 0.2) is 0 Å². The number of rotatable bonds is 8. The lowest BCUT2D eigenvalue weighted by atomic mass is 9.93. The summed E-state index contributed by atoms with van der Waals surface area (Å²) in [7, 11) is 0. The maximum absolute atomic E-state index is 13.1. The Morgan fingerprint density at radius 1 is 1.00 bits per heavy atom. The van der Waals surface area contributed by atoms with E-state index in [0.29, 0.717) is 43.7 Å². The normalized spacial score (nSPS) is 15.0. The van der Waals surface area contributed by atoms with E-state index in [1.807, 2.05) is 23.1 Å². The molecule has 1 aliphatic rings. The number of carbonyl (C=O) groups excluding carboxylic acids is 2. The Kier molecular flexibility index (Phi) is 7.86. The van der Waals surface area contributed by atoms with Gasteiger partial charge < -0.3 is 10.6 Å². The highest BCUT2D eigenvalue weighted by atomic mass is 19.1. The van der Waals surface area contributed by atoms with Gasteiger partial charge in [-0.15, -0.1) is 0 Å². The Bertz CT molecular complexity index is 1220. The lowest BCUT2D eigenvalue weighted by molar-refractivity contribution is -0.127. The third-order valence-corrected chi connectivity index (χ3v) is 6.20. The first-order valence-electron chi connectivity index (χ1n) is 11.6. The summed E-state index contributed by atoms with van der Waals surface area (Å²) < 4.78 is 13.1. The summed E-state index contributed by atoms with van der Waals surface area (Å²) in [4.78, 5) is 27.7. The largest absolute Gasteiger partial charge is 0.354 e. The van der Waals surface area contributed by atoms with Crippen LogP contribution in [0.5, 0.6) is 0 Å². The van der Waals surface area contributed by atoms with Crippen molar-refractivity contribution in [1.29, 1.82) is 5.26 Å². The standard InChI is InChI=1S/C28H27FN4O2/c29-24-9-5-20(6-10-24)13-15-31-28(35)26-17-22-3-1-2-4-23(22)19-33(26)16-14-27(34)32-25-11-7-21(18-30)8-12-25/h1-12,26H,13-17,19H2,(H,31,35)(H,32,34). The molecular weight excluding hydrogens is 443 g/mol. The molecule has 0 bridgehead atoms. The van der Waals surface area contributed by atoms with Gasteiger partial charge in [-0.05, 0) is 65.9 Å². The van der Waals surface area contributed by atoms with E-state index in [2.05, 4.69) is 22.8 Å². The lowest BCUT2D eigenvalue weighted by Gasteiger charge is -2.36. The summed E-state index contributed by atoms with van der Waals surface area (Å²) in [5.41, 5.74) is 4.42. The highest BCUT2D eigenvalue weighted by Crippen LogP contribution is 2.24. The highest BCUT2D eigenvalue weighted by molar-refractivity contribution is 5.91. The first kappa shape index (κ1) is 24.1. The van der Waals surface area contributed by atoms with Crippen molar-refractivity contribution in [2.45, 2.75) is 31.8 Å². The van der Waals surface area contributed by atoms with E-state index < -0.39 is 0 Å². The van der Waals surface area contributed by atoms with Crippen molar-refractivity contribution in [2.75, 3.05) is 18.4 Å². The number of amides is 2. The van der Waals surface area contributed by atoms with Crippen LogP contribution in [0, 0.1) is 17.1 Å². The van der Waals surface area contributed by atoms with Crippen LogP contribution in [-0.4, -0.2) is 35.8 Å². The van der Waals surface area contributed by atoms with Gasteiger partial charge >= 0.3 is 0 Å². The molecule has 7 heteroatoms. The third kappa shape index (κ3) is 6.52. The summed E-state index contributed by atoms with van der Waals surface area (Å²) in [5.74, 6) is -0.504. The molecular formula is C28H27FN4O2. The van der Waals surface area contributed by atoms with Crippen LogP contribution >= 0.6 is 0 Å². The Morgan fingerprint density at radius 3 is 2.43 bits per heavy atom. The van der Waals surface area contributed by atoms with E-state index in [0.717, 1.165) is 16.7 Å². The molecule has 1 atom stereocenters. The zero-order chi connectivity index (χ0) is 24.6. The van der Waals surface area contributed by atoms with E-state index in [-0.39, 0.29) is 30.1 Å². The fraction of sp³-hybridized carbons (Fsp3) is 0.250. The molecule has 178 valence electrons. The molecule has 0 aromatic heterocycles. The molecule has 3 aromatic carbocycles. The van der Waals surface area contributed by atoms with E-state index in [1.165, 1.54) is 12.1 Å². The van der Waals surface area contributed by atoms with Crippen LogP contribution in [0.4, 0.5) is 10.1 Å². The minimum Gasteiger partial charge on any atom is -0.354 e. The molecule has 0 aliphatic carbocycles. The molecule has 2 N–H and O–H groups in total. The van der Waals surface area contributed by atoms with E-state index in [9.17, 15) is 14.0 Å². The van der Waals surface area contributed by atoms with Crippen LogP contribution in [0.2, 0.25) is 0 Å². The molecule has 4 rings (SSSR count). The monoisotopic (exact) mass is 470 g/mol. The van der Waals surface area contributed by atoms with Crippen LogP contribution in [0.1, 0.15) is 28.7 Å². The van der Waals surface area contributed by atoms with Crippen molar-refractivity contribution in [3.63, 3.8) is 0 Å². The van der Waals surface area contributed by atoms with Crippen molar-refractivity contribution in [1.82, 2.24) is 10.2 Å². The number of anilines is 1. The summed E-state index contributed by atoms with van der Waals surface area (Å²) in [6, 6.07) is 22.7. The number of hydrogen-bond donors (Lipinski definition) is 2. The number of fused-ring (bicyclic) bond motifs is 1. The Balaban J connectivity index is 1.36. The number of nitrogens with zero attached hydrogens (tertiary/aromatic N) is 2. The van der Waals surface area contributed by atoms with E-state index in [1.54, 1.807) is 36.4 Å². The predicted octanol–water partition coefficient (Wildman–Crippen LogP) is 3.81. The minimum atomic E-state index is -0.374. The molecule has 0 spiro atoms. The van der Waals surface area contributed by atoms with Gasteiger partial charge in [-0.3, -0.25) is 14.5 Å². The van der Waals surface area contributed by atoms with Crippen LogP contribution < -0.4 is 10.6 Å². The molecule has 6 nitrogen and oxygen atoms in total. The number of nitrogens with one attached hydrogen (secondary N) is 2. The first-order valence-corrected chi connectivity index (χ1v) is 11.6. The summed E-state index contributed by atoms with van der Waals surface area (Å²) >= 11 is 0. The predicted molar refractivity (Wildman–Crippen MR) is 132 cm³/mol. The van der Waals surface area contributed by atoms with Crippen LogP contribution in [-0.2, 0) is 29.0 Å². The van der Waals surface area contributed by atoms with Crippen molar-refractivity contribution in [3.8, 4) is 6.07 Å². The number of nitriles is 1. The lowest BCUT2D eigenvalue weighted by Crippen LogP contribution is -2.51. The number of halogens is 1. The SMILES string of the molecule is N#Cc1ccc(NC(=O)CCN2Cc3ccccc3CC2C(=O)NCCc2ccc(F)cc2)cc1. The van der Waals surface area contributed by atoms with Crippen molar-refractivity contribution in [2.24, 2.45) is 0 Å². The molecule has 1 heterocycles. The smallest absolute Gasteiger partial charge is 0.237 e. The maximum atomic E-state index is 13.1. The second-order valence-electron chi connectivity index (χ2n) is 8.61. The van der Waals surface area contributed by atoms with E-state index in [4.69, 9.17) is 5.26 Å². The van der Waals surface area contributed by atoms with Crippen molar-refractivity contribution < 1.29 is 14.0 Å². The molecule has 1 aliphatic heterocycles. The Morgan fingerprint density at radius 2 is 1.71 bits per heavy atom. The number of benzene rings is 3. The second-order valence-corrected chi connectivity index (χ2v) is 8.61. The van der Waals surface area contributed by atoms with Crippen LogP contribution in [0.15, 0.2) is 72.8 Å². The molecule has 0 saturated heterocycles. The van der Waals surface area contributed by atoms with Gasteiger partial charge in [0, 0.05) is 31.7 Å². The van der Waals surface area contributed by atoms with Crippen LogP contribution in [0.25, 0.3) is 0 Å². The van der Waals surface area contributed by atoms with Gasteiger partial charge in [-0.2, -0.15) is 5.26 Å². The van der Waals surface area contributed by atoms with Crippen molar-refractivity contribution >= 4 is 17.5 Å². The molecule has 0 radical (unpaired) electrons. The first-order chi connectivity index (χ1) is 17.0. The zero-order valence-corrected chi connectivity index (χ0v) is 19.3. The van der Waals surface area contributed by atoms with Gasteiger partial charge in [0.05, 0.1) is 17.7 Å². The van der Waals surface area contributed by atoms with Gasteiger partial charge in [0.2, 0.25) is 11.8 Å². The van der Waals surface area contributed by atoms with Gasteiger partial charge in [-0.25, -0.2) is 4.39 Å². The van der Waals surface area contributed by atoms with Gasteiger partial charge in [0.1, 0.15) is 5.82 Å². The van der Waals surface area contributed by atoms with Crippen LogP contribution in [0.3, 0.4) is 0 Å². The second kappa shape index (κ2) is 11.4. The average molecular weight is 471 g/mol. The molecule has 35 heavy (non-hydrogen) atoms.